The van der Waals surface area contributed by atoms with Gasteiger partial charge in [-0.05, 0) is 56.2 Å². The van der Waals surface area contributed by atoms with Crippen molar-refractivity contribution < 1.29 is 27.5 Å². The molecule has 1 aliphatic rings. The Morgan fingerprint density at radius 3 is 2.48 bits per heavy atom. The van der Waals surface area contributed by atoms with Crippen molar-refractivity contribution in [3.63, 3.8) is 0 Å². The van der Waals surface area contributed by atoms with Crippen molar-refractivity contribution in [1.29, 1.82) is 0 Å². The number of carbonyl (C=O) groups is 2. The first-order valence-electron chi connectivity index (χ1n) is 10.6. The average molecular weight is 476 g/mol. The van der Waals surface area contributed by atoms with Crippen LogP contribution in [0.3, 0.4) is 0 Å². The van der Waals surface area contributed by atoms with E-state index in [4.69, 9.17) is 9.47 Å². The predicted octanol–water partition coefficient (Wildman–Crippen LogP) is 2.40. The molecular formula is C23H29N3O6S. The van der Waals surface area contributed by atoms with Crippen LogP contribution in [0.2, 0.25) is 0 Å². The minimum atomic E-state index is -3.78. The molecule has 2 atom stereocenters. The lowest BCUT2D eigenvalue weighted by molar-refractivity contribution is -0.116. The molecule has 0 bridgehead atoms. The van der Waals surface area contributed by atoms with Gasteiger partial charge in [-0.1, -0.05) is 12.1 Å². The van der Waals surface area contributed by atoms with E-state index < -0.39 is 22.0 Å². The van der Waals surface area contributed by atoms with Crippen LogP contribution in [0.5, 0.6) is 5.75 Å². The predicted molar refractivity (Wildman–Crippen MR) is 126 cm³/mol. The van der Waals surface area contributed by atoms with Gasteiger partial charge in [-0.15, -0.1) is 0 Å². The summed E-state index contributed by atoms with van der Waals surface area (Å²) >= 11 is 0. The highest BCUT2D eigenvalue weighted by Crippen LogP contribution is 2.25. The third-order valence-corrected chi connectivity index (χ3v) is 6.60. The Kier molecular flexibility index (Phi) is 7.93. The molecule has 0 aliphatic carbocycles. The maximum atomic E-state index is 13.0. The van der Waals surface area contributed by atoms with Gasteiger partial charge in [0.05, 0.1) is 36.4 Å². The highest BCUT2D eigenvalue weighted by atomic mass is 32.2. The fraction of sp³-hybridized carbons (Fsp3) is 0.391. The standard InChI is InChI=1S/C23H29N3O6S/c1-16(26(33(3,29)30)17-10-12-18(31-2)13-11-17)22(27)25-21-9-5-4-8-20(21)23(28)24-15-19-7-6-14-32-19/h4-5,8-13,16,19H,6-7,14-15H2,1-3H3,(H,24,28)(H,25,27)/t16-,19-/m1/s1. The first-order chi connectivity index (χ1) is 15.7. The molecule has 2 aromatic rings. The zero-order chi connectivity index (χ0) is 24.0. The minimum Gasteiger partial charge on any atom is -0.497 e. The van der Waals surface area contributed by atoms with Gasteiger partial charge in [0.25, 0.3) is 5.91 Å². The van der Waals surface area contributed by atoms with Crippen LogP contribution in [0.4, 0.5) is 11.4 Å². The first kappa shape index (κ1) is 24.5. The van der Waals surface area contributed by atoms with Gasteiger partial charge in [0.2, 0.25) is 15.9 Å². The quantitative estimate of drug-likeness (QED) is 0.576. The molecule has 0 radical (unpaired) electrons. The Morgan fingerprint density at radius 2 is 1.88 bits per heavy atom. The molecular weight excluding hydrogens is 446 g/mol. The number of nitrogens with zero attached hydrogens (tertiary/aromatic N) is 1. The van der Waals surface area contributed by atoms with E-state index in [2.05, 4.69) is 10.6 Å². The number of rotatable bonds is 9. The third-order valence-electron chi connectivity index (χ3n) is 5.36. The number of hydrogen-bond acceptors (Lipinski definition) is 6. The number of sulfonamides is 1. The van der Waals surface area contributed by atoms with Gasteiger partial charge in [0, 0.05) is 13.2 Å². The summed E-state index contributed by atoms with van der Waals surface area (Å²) < 4.78 is 36.7. The van der Waals surface area contributed by atoms with E-state index in [1.165, 1.54) is 14.0 Å². The summed E-state index contributed by atoms with van der Waals surface area (Å²) in [5, 5.41) is 5.54. The Morgan fingerprint density at radius 1 is 1.18 bits per heavy atom. The zero-order valence-electron chi connectivity index (χ0n) is 18.9. The second-order valence-electron chi connectivity index (χ2n) is 7.81. The van der Waals surface area contributed by atoms with Crippen LogP contribution >= 0.6 is 0 Å². The molecule has 178 valence electrons. The Labute approximate surface area is 194 Å². The summed E-state index contributed by atoms with van der Waals surface area (Å²) in [5.41, 5.74) is 0.900. The topological polar surface area (TPSA) is 114 Å². The van der Waals surface area contributed by atoms with E-state index in [1.54, 1.807) is 48.5 Å². The van der Waals surface area contributed by atoms with Gasteiger partial charge >= 0.3 is 0 Å². The maximum Gasteiger partial charge on any atom is 0.253 e. The number of methoxy groups -OCH3 is 1. The van der Waals surface area contributed by atoms with Crippen LogP contribution in [0, 0.1) is 0 Å². The largest absolute Gasteiger partial charge is 0.497 e. The van der Waals surface area contributed by atoms with Gasteiger partial charge in [0.1, 0.15) is 11.8 Å². The molecule has 1 saturated heterocycles. The highest BCUT2D eigenvalue weighted by Gasteiger charge is 2.30. The van der Waals surface area contributed by atoms with Gasteiger partial charge < -0.3 is 20.1 Å². The molecule has 0 aromatic heterocycles. The van der Waals surface area contributed by atoms with Crippen LogP contribution in [0.1, 0.15) is 30.1 Å². The van der Waals surface area contributed by atoms with E-state index in [-0.39, 0.29) is 17.6 Å². The molecule has 1 fully saturated rings. The molecule has 10 heteroatoms. The van der Waals surface area contributed by atoms with Crippen LogP contribution < -0.4 is 19.7 Å². The summed E-state index contributed by atoms with van der Waals surface area (Å²) in [7, 11) is -2.27. The lowest BCUT2D eigenvalue weighted by Gasteiger charge is -2.28. The fourth-order valence-corrected chi connectivity index (χ4v) is 4.85. The van der Waals surface area contributed by atoms with Crippen molar-refractivity contribution in [2.75, 3.05) is 36.1 Å². The third kappa shape index (κ3) is 6.23. The Balaban J connectivity index is 1.76. The molecule has 2 amide bonds. The van der Waals surface area contributed by atoms with Gasteiger partial charge in [-0.25, -0.2) is 8.42 Å². The second-order valence-corrected chi connectivity index (χ2v) is 9.67. The van der Waals surface area contributed by atoms with E-state index in [0.717, 1.165) is 23.4 Å². The van der Waals surface area contributed by atoms with Crippen LogP contribution in [0.25, 0.3) is 0 Å². The van der Waals surface area contributed by atoms with Crippen molar-refractivity contribution in [1.82, 2.24) is 5.32 Å². The van der Waals surface area contributed by atoms with Crippen molar-refractivity contribution in [3.8, 4) is 5.75 Å². The number of anilines is 2. The van der Waals surface area contributed by atoms with E-state index >= 15 is 0 Å². The SMILES string of the molecule is COc1ccc(N([C@H](C)C(=O)Nc2ccccc2C(=O)NC[C@H]2CCCO2)S(C)(=O)=O)cc1. The normalized spacial score (nSPS) is 16.6. The molecule has 9 nitrogen and oxygen atoms in total. The number of benzene rings is 2. The molecule has 3 rings (SSSR count). The van der Waals surface area contributed by atoms with Gasteiger partial charge in [-0.2, -0.15) is 0 Å². The molecule has 0 saturated carbocycles. The monoisotopic (exact) mass is 475 g/mol. The summed E-state index contributed by atoms with van der Waals surface area (Å²) in [6, 6.07) is 11.9. The molecule has 0 spiro atoms. The smallest absolute Gasteiger partial charge is 0.253 e. The molecule has 33 heavy (non-hydrogen) atoms. The number of nitrogens with one attached hydrogen (secondary N) is 2. The highest BCUT2D eigenvalue weighted by molar-refractivity contribution is 7.92. The first-order valence-corrected chi connectivity index (χ1v) is 12.5. The van der Waals surface area contributed by atoms with Crippen LogP contribution in [-0.4, -0.2) is 58.9 Å². The van der Waals surface area contributed by atoms with Crippen molar-refractivity contribution in [2.45, 2.75) is 31.9 Å². The molecule has 1 aliphatic heterocycles. The Hall–Kier alpha value is -3.11. The average Bonchev–Trinajstić information content (AvgIpc) is 3.31. The van der Waals surface area contributed by atoms with Gasteiger partial charge in [0.15, 0.2) is 0 Å². The number of hydrogen-bond donors (Lipinski definition) is 2. The molecule has 0 unspecified atom stereocenters. The zero-order valence-corrected chi connectivity index (χ0v) is 19.7. The number of para-hydroxylation sites is 1. The second kappa shape index (κ2) is 10.7. The maximum absolute atomic E-state index is 13.0. The molecule has 2 aromatic carbocycles. The lowest BCUT2D eigenvalue weighted by atomic mass is 10.1. The summed E-state index contributed by atoms with van der Waals surface area (Å²) in [5.74, 6) is -0.355. The number of ether oxygens (including phenoxy) is 2. The summed E-state index contributed by atoms with van der Waals surface area (Å²) in [4.78, 5) is 25.8. The number of amides is 2. The summed E-state index contributed by atoms with van der Waals surface area (Å²) in [6.07, 6.45) is 2.88. The van der Waals surface area contributed by atoms with Crippen molar-refractivity contribution >= 4 is 33.2 Å². The summed E-state index contributed by atoms with van der Waals surface area (Å²) in [6.45, 7) is 2.56. The van der Waals surface area contributed by atoms with Crippen molar-refractivity contribution in [2.24, 2.45) is 0 Å². The molecule has 2 N–H and O–H groups in total. The van der Waals surface area contributed by atoms with Gasteiger partial charge in [-0.3, -0.25) is 13.9 Å². The Bertz CT molecular complexity index is 1080. The van der Waals surface area contributed by atoms with Crippen LogP contribution in [-0.2, 0) is 19.6 Å². The van der Waals surface area contributed by atoms with E-state index in [1.807, 2.05) is 0 Å². The van der Waals surface area contributed by atoms with E-state index in [0.29, 0.717) is 30.3 Å². The number of carbonyl (C=O) groups excluding carboxylic acids is 2. The lowest BCUT2D eigenvalue weighted by Crippen LogP contribution is -2.45. The van der Waals surface area contributed by atoms with E-state index in [9.17, 15) is 18.0 Å². The minimum absolute atomic E-state index is 0.0106. The van der Waals surface area contributed by atoms with Crippen LogP contribution in [0.15, 0.2) is 48.5 Å². The molecule has 1 heterocycles. The fourth-order valence-electron chi connectivity index (χ4n) is 3.67. The van der Waals surface area contributed by atoms with Crippen molar-refractivity contribution in [3.05, 3.63) is 54.1 Å².